The number of rotatable bonds is 7. The van der Waals surface area contributed by atoms with Gasteiger partial charge in [0.25, 0.3) is 5.91 Å². The Kier molecular flexibility index (Phi) is 6.98. The second-order valence-electron chi connectivity index (χ2n) is 9.73. The Bertz CT molecular complexity index is 951. The number of sulfone groups is 1. The van der Waals surface area contributed by atoms with Crippen LogP contribution in [0.1, 0.15) is 44.2 Å². The van der Waals surface area contributed by atoms with Gasteiger partial charge in [0.15, 0.2) is 14.7 Å². The first-order valence-corrected chi connectivity index (χ1v) is 12.8. The van der Waals surface area contributed by atoms with Crippen LogP contribution in [0.25, 0.3) is 0 Å². The van der Waals surface area contributed by atoms with Crippen LogP contribution in [0.5, 0.6) is 0 Å². The van der Waals surface area contributed by atoms with Crippen LogP contribution in [0, 0.1) is 17.8 Å². The summed E-state index contributed by atoms with van der Waals surface area (Å²) < 4.78 is 63.6. The lowest BCUT2D eigenvalue weighted by molar-refractivity contribution is -0.137. The summed E-state index contributed by atoms with van der Waals surface area (Å²) in [5, 5.41) is 2.90. The van der Waals surface area contributed by atoms with Crippen LogP contribution in [-0.4, -0.2) is 49.5 Å². The number of halogens is 3. The average Bonchev–Trinajstić information content (AvgIpc) is 3.21. The van der Waals surface area contributed by atoms with Crippen molar-refractivity contribution in [3.05, 3.63) is 35.4 Å². The number of amides is 1. The van der Waals surface area contributed by atoms with Gasteiger partial charge in [0.05, 0.1) is 5.56 Å². The molecule has 1 aromatic rings. The van der Waals surface area contributed by atoms with Crippen LogP contribution in [-0.2, 0) is 27.4 Å². The number of nitrogens with one attached hydrogen (secondary N) is 1. The monoisotopic (exact) mass is 475 g/mol. The molecule has 1 heterocycles. The van der Waals surface area contributed by atoms with E-state index >= 15 is 0 Å². The lowest BCUT2D eigenvalue weighted by atomic mass is 9.97. The van der Waals surface area contributed by atoms with E-state index in [1.807, 2.05) is 13.8 Å². The Morgan fingerprint density at radius 3 is 2.53 bits per heavy atom. The second-order valence-corrected chi connectivity index (χ2v) is 12.0. The van der Waals surface area contributed by atoms with Crippen molar-refractivity contribution in [1.29, 1.82) is 0 Å². The molecule has 1 amide bonds. The number of likely N-dealkylation sites (tertiary alicyclic amines) is 1. The van der Waals surface area contributed by atoms with Gasteiger partial charge < -0.3 is 11.1 Å². The van der Waals surface area contributed by atoms with E-state index in [2.05, 4.69) is 10.2 Å². The molecule has 180 valence electrons. The summed E-state index contributed by atoms with van der Waals surface area (Å²) >= 11 is 0. The number of alkyl halides is 3. The van der Waals surface area contributed by atoms with Gasteiger partial charge in [-0.3, -0.25) is 9.69 Å². The van der Waals surface area contributed by atoms with E-state index in [0.29, 0.717) is 24.6 Å². The molecule has 0 unspecified atom stereocenters. The maximum absolute atomic E-state index is 13.0. The molecule has 0 aromatic heterocycles. The van der Waals surface area contributed by atoms with Gasteiger partial charge >= 0.3 is 6.18 Å². The lowest BCUT2D eigenvalue weighted by Crippen LogP contribution is -2.61. The lowest BCUT2D eigenvalue weighted by Gasteiger charge is -2.31. The number of fused-ring (bicyclic) bond motifs is 1. The predicted molar refractivity (Wildman–Crippen MR) is 116 cm³/mol. The van der Waals surface area contributed by atoms with Crippen molar-refractivity contribution in [2.75, 3.05) is 19.3 Å². The third-order valence-corrected chi connectivity index (χ3v) is 8.34. The van der Waals surface area contributed by atoms with E-state index in [4.69, 9.17) is 5.73 Å². The van der Waals surface area contributed by atoms with Crippen LogP contribution in [0.2, 0.25) is 0 Å². The van der Waals surface area contributed by atoms with Gasteiger partial charge in [-0.2, -0.15) is 13.2 Å². The van der Waals surface area contributed by atoms with Crippen LogP contribution in [0.15, 0.2) is 24.3 Å². The smallest absolute Gasteiger partial charge is 0.351 e. The maximum atomic E-state index is 13.0. The molecule has 10 heteroatoms. The van der Waals surface area contributed by atoms with Crippen molar-refractivity contribution >= 4 is 15.7 Å². The molecule has 1 aromatic carbocycles. The molecule has 6 nitrogen and oxygen atoms in total. The number of benzene rings is 1. The van der Waals surface area contributed by atoms with Crippen molar-refractivity contribution < 1.29 is 26.4 Å². The number of nitrogens with two attached hydrogens (primary N) is 1. The molecule has 1 aliphatic heterocycles. The molecule has 0 radical (unpaired) electrons. The largest absolute Gasteiger partial charge is 0.416 e. The van der Waals surface area contributed by atoms with E-state index < -0.39 is 32.4 Å². The maximum Gasteiger partial charge on any atom is 0.416 e. The standard InChI is InChI=1S/C22H32F3N3O3S/c1-14(2)10-21(26,32(3,30)31)20(29)27-19-8-7-16-12-28(13-18(16)19)11-15-5-4-6-17(9-15)22(23,24)25/h4-6,9,14,16,18-19H,7-8,10-13,26H2,1-3H3,(H,27,29)/t16-,18+,19+,21-/m0/s1. The zero-order chi connectivity index (χ0) is 23.9. The van der Waals surface area contributed by atoms with E-state index in [1.165, 1.54) is 12.1 Å². The zero-order valence-corrected chi connectivity index (χ0v) is 19.5. The molecule has 2 fully saturated rings. The highest BCUT2D eigenvalue weighted by Gasteiger charge is 2.49. The number of carbonyl (C=O) groups is 1. The topological polar surface area (TPSA) is 92.5 Å². The molecule has 0 spiro atoms. The van der Waals surface area contributed by atoms with Crippen molar-refractivity contribution in [3.63, 3.8) is 0 Å². The first-order valence-electron chi connectivity index (χ1n) is 10.9. The molecule has 1 aliphatic carbocycles. The fraction of sp³-hybridized carbons (Fsp3) is 0.682. The van der Waals surface area contributed by atoms with Gasteiger partial charge in [0.1, 0.15) is 0 Å². The van der Waals surface area contributed by atoms with Crippen LogP contribution in [0.4, 0.5) is 13.2 Å². The third-order valence-electron chi connectivity index (χ3n) is 6.67. The minimum atomic E-state index is -4.38. The Morgan fingerprint density at radius 2 is 1.94 bits per heavy atom. The van der Waals surface area contributed by atoms with Gasteiger partial charge in [-0.15, -0.1) is 0 Å². The van der Waals surface area contributed by atoms with E-state index in [9.17, 15) is 26.4 Å². The van der Waals surface area contributed by atoms with E-state index in [-0.39, 0.29) is 24.3 Å². The molecule has 3 N–H and O–H groups in total. The molecule has 1 saturated heterocycles. The number of hydrogen-bond donors (Lipinski definition) is 2. The van der Waals surface area contributed by atoms with Crippen molar-refractivity contribution in [3.8, 4) is 0 Å². The highest BCUT2D eigenvalue weighted by atomic mass is 32.2. The van der Waals surface area contributed by atoms with Gasteiger partial charge in [-0.05, 0) is 48.6 Å². The Hall–Kier alpha value is -1.65. The van der Waals surface area contributed by atoms with Gasteiger partial charge in [-0.25, -0.2) is 8.42 Å². The molecule has 32 heavy (non-hydrogen) atoms. The normalized spacial score (nSPS) is 26.2. The Labute approximate surface area is 187 Å². The summed E-state index contributed by atoms with van der Waals surface area (Å²) in [6.07, 6.45) is -1.76. The van der Waals surface area contributed by atoms with E-state index in [0.717, 1.165) is 31.7 Å². The van der Waals surface area contributed by atoms with Crippen LogP contribution >= 0.6 is 0 Å². The van der Waals surface area contributed by atoms with Crippen LogP contribution in [0.3, 0.4) is 0 Å². The fourth-order valence-corrected chi connectivity index (χ4v) is 6.11. The molecule has 1 saturated carbocycles. The highest BCUT2D eigenvalue weighted by Crippen LogP contribution is 2.39. The van der Waals surface area contributed by atoms with Crippen molar-refractivity contribution in [2.24, 2.45) is 23.5 Å². The molecular formula is C22H32F3N3O3S. The second kappa shape index (κ2) is 8.95. The third kappa shape index (κ3) is 5.28. The summed E-state index contributed by atoms with van der Waals surface area (Å²) in [4.78, 5) is 13.1. The summed E-state index contributed by atoms with van der Waals surface area (Å²) in [6, 6.07) is 5.14. The molecule has 2 aliphatic rings. The minimum absolute atomic E-state index is 0.0279. The van der Waals surface area contributed by atoms with Gasteiger partial charge in [0, 0.05) is 31.9 Å². The molecule has 3 rings (SSSR count). The highest BCUT2D eigenvalue weighted by molar-refractivity contribution is 7.92. The summed E-state index contributed by atoms with van der Waals surface area (Å²) in [6.45, 7) is 5.39. The quantitative estimate of drug-likeness (QED) is 0.633. The predicted octanol–water partition coefficient (Wildman–Crippen LogP) is 2.78. The minimum Gasteiger partial charge on any atom is -0.351 e. The van der Waals surface area contributed by atoms with E-state index in [1.54, 1.807) is 6.07 Å². The SMILES string of the molecule is CC(C)C[C@@](N)(C(=O)N[C@@H]1CC[C@H]2CN(Cc3cccc(C(F)(F)F)c3)C[C@H]21)S(C)(=O)=O. The van der Waals surface area contributed by atoms with Crippen molar-refractivity contribution in [2.45, 2.75) is 56.7 Å². The average molecular weight is 476 g/mol. The first kappa shape index (κ1) is 25.0. The first-order chi connectivity index (χ1) is 14.7. The number of nitrogens with zero attached hydrogens (tertiary/aromatic N) is 1. The number of hydrogen-bond acceptors (Lipinski definition) is 5. The van der Waals surface area contributed by atoms with Crippen LogP contribution < -0.4 is 11.1 Å². The fourth-order valence-electron chi connectivity index (χ4n) is 5.08. The Balaban J connectivity index is 1.67. The zero-order valence-electron chi connectivity index (χ0n) is 18.7. The summed E-state index contributed by atoms with van der Waals surface area (Å²) in [7, 11) is -3.83. The summed E-state index contributed by atoms with van der Waals surface area (Å²) in [5.74, 6) is -0.323. The Morgan fingerprint density at radius 1 is 1.25 bits per heavy atom. The van der Waals surface area contributed by atoms with Gasteiger partial charge in [-0.1, -0.05) is 32.0 Å². The molecule has 0 bridgehead atoms. The molecule has 4 atom stereocenters. The summed E-state index contributed by atoms with van der Waals surface area (Å²) in [5.41, 5.74) is 6.04. The number of carbonyl (C=O) groups excluding carboxylic acids is 1. The molecular weight excluding hydrogens is 443 g/mol. The van der Waals surface area contributed by atoms with Crippen molar-refractivity contribution in [1.82, 2.24) is 10.2 Å². The van der Waals surface area contributed by atoms with Gasteiger partial charge in [0.2, 0.25) is 0 Å².